The molecule has 0 atom stereocenters. The average molecular weight is 213 g/mol. The molecule has 2 heterocycles. The lowest BCUT2D eigenvalue weighted by molar-refractivity contribution is 0.501. The van der Waals surface area contributed by atoms with Crippen LogP contribution < -0.4 is 0 Å². The monoisotopic (exact) mass is 212 g/mol. The number of aryl methyl sites for hydroxylation is 1. The number of hydrogen-bond acceptors (Lipinski definition) is 4. The van der Waals surface area contributed by atoms with Crippen molar-refractivity contribution in [3.8, 4) is 11.6 Å². The van der Waals surface area contributed by atoms with E-state index in [1.54, 1.807) is 12.3 Å². The largest absolute Gasteiger partial charge is 0.419 e. The summed E-state index contributed by atoms with van der Waals surface area (Å²) < 4.78 is 5.38. The Labute approximate surface area is 85.5 Å². The molecule has 0 aliphatic rings. The van der Waals surface area contributed by atoms with E-state index in [0.717, 1.165) is 12.1 Å². The second kappa shape index (κ2) is 4.23. The first-order valence-electron chi connectivity index (χ1n) is 4.28. The molecule has 0 saturated heterocycles. The Morgan fingerprint density at radius 1 is 1.43 bits per heavy atom. The highest BCUT2D eigenvalue weighted by Gasteiger charge is 2.08. The van der Waals surface area contributed by atoms with E-state index in [-0.39, 0.29) is 0 Å². The number of H-pyrrole nitrogens is 1. The first-order chi connectivity index (χ1) is 6.90. The van der Waals surface area contributed by atoms with Crippen molar-refractivity contribution in [3.63, 3.8) is 0 Å². The molecule has 0 bridgehead atoms. The maximum absolute atomic E-state index is 5.55. The van der Waals surface area contributed by atoms with Crippen LogP contribution in [0.2, 0.25) is 0 Å². The van der Waals surface area contributed by atoms with Gasteiger partial charge in [-0.25, -0.2) is 0 Å². The average Bonchev–Trinajstić information content (AvgIpc) is 2.85. The van der Waals surface area contributed by atoms with Crippen molar-refractivity contribution in [2.75, 3.05) is 5.88 Å². The number of aromatic amines is 1. The fraction of sp³-hybridized carbons (Fsp3) is 0.375. The zero-order valence-corrected chi connectivity index (χ0v) is 8.16. The van der Waals surface area contributed by atoms with Crippen LogP contribution in [0.15, 0.2) is 16.7 Å². The minimum Gasteiger partial charge on any atom is -0.419 e. The summed E-state index contributed by atoms with van der Waals surface area (Å²) in [6.07, 6.45) is 3.19. The lowest BCUT2D eigenvalue weighted by Gasteiger charge is -1.88. The summed E-state index contributed by atoms with van der Waals surface area (Å²) >= 11 is 5.55. The van der Waals surface area contributed by atoms with Gasteiger partial charge in [-0.15, -0.1) is 21.8 Å². The third-order valence-corrected chi connectivity index (χ3v) is 1.99. The number of hydrogen-bond donors (Lipinski definition) is 1. The predicted molar refractivity (Wildman–Crippen MR) is 50.9 cm³/mol. The van der Waals surface area contributed by atoms with E-state index < -0.39 is 0 Å². The van der Waals surface area contributed by atoms with Crippen LogP contribution in [0.5, 0.6) is 0 Å². The maximum atomic E-state index is 5.55. The standard InChI is InChI=1S/C8H9ClN4O/c9-4-1-2-7-12-13-8(14-7)6-3-5-10-11-6/h3,5H,1-2,4H2,(H,10,11). The van der Waals surface area contributed by atoms with Crippen molar-refractivity contribution >= 4 is 11.6 Å². The third-order valence-electron chi connectivity index (χ3n) is 1.72. The number of nitrogens with one attached hydrogen (secondary N) is 1. The Kier molecular flexibility index (Phi) is 2.78. The minimum atomic E-state index is 0.465. The van der Waals surface area contributed by atoms with Gasteiger partial charge < -0.3 is 4.42 Å². The summed E-state index contributed by atoms with van der Waals surface area (Å²) in [7, 11) is 0. The molecule has 2 aromatic rings. The second-order valence-electron chi connectivity index (χ2n) is 2.76. The van der Waals surface area contributed by atoms with Crippen molar-refractivity contribution in [1.82, 2.24) is 20.4 Å². The maximum Gasteiger partial charge on any atom is 0.265 e. The Morgan fingerprint density at radius 3 is 3.07 bits per heavy atom. The van der Waals surface area contributed by atoms with Crippen LogP contribution in [0.1, 0.15) is 12.3 Å². The van der Waals surface area contributed by atoms with E-state index in [1.165, 1.54) is 0 Å². The molecule has 0 aromatic carbocycles. The molecule has 0 unspecified atom stereocenters. The van der Waals surface area contributed by atoms with Gasteiger partial charge in [0.2, 0.25) is 5.89 Å². The van der Waals surface area contributed by atoms with E-state index >= 15 is 0 Å². The van der Waals surface area contributed by atoms with Crippen molar-refractivity contribution in [1.29, 1.82) is 0 Å². The molecule has 0 fully saturated rings. The second-order valence-corrected chi connectivity index (χ2v) is 3.14. The molecule has 14 heavy (non-hydrogen) atoms. The highest BCUT2D eigenvalue weighted by molar-refractivity contribution is 6.17. The minimum absolute atomic E-state index is 0.465. The van der Waals surface area contributed by atoms with Gasteiger partial charge in [-0.1, -0.05) is 0 Å². The molecule has 0 amide bonds. The van der Waals surface area contributed by atoms with Gasteiger partial charge in [-0.2, -0.15) is 5.10 Å². The molecule has 0 aliphatic heterocycles. The van der Waals surface area contributed by atoms with Gasteiger partial charge in [0.15, 0.2) is 0 Å². The summed E-state index contributed by atoms with van der Waals surface area (Å²) in [5, 5.41) is 14.3. The van der Waals surface area contributed by atoms with Crippen molar-refractivity contribution in [3.05, 3.63) is 18.2 Å². The predicted octanol–water partition coefficient (Wildman–Crippen LogP) is 1.63. The van der Waals surface area contributed by atoms with Crippen molar-refractivity contribution < 1.29 is 4.42 Å². The number of rotatable bonds is 4. The van der Waals surface area contributed by atoms with Crippen LogP contribution >= 0.6 is 11.6 Å². The number of alkyl halides is 1. The molecule has 2 aromatic heterocycles. The molecular weight excluding hydrogens is 204 g/mol. The summed E-state index contributed by atoms with van der Waals surface area (Å²) in [5.41, 5.74) is 0.731. The SMILES string of the molecule is ClCCCc1nnc(-c2ccn[nH]2)o1. The molecule has 1 N–H and O–H groups in total. The lowest BCUT2D eigenvalue weighted by Crippen LogP contribution is -1.85. The molecule has 0 aliphatic carbocycles. The molecular formula is C8H9ClN4O. The number of halogens is 1. The van der Waals surface area contributed by atoms with Gasteiger partial charge >= 0.3 is 0 Å². The van der Waals surface area contributed by atoms with E-state index in [4.69, 9.17) is 16.0 Å². The normalized spacial score (nSPS) is 10.6. The van der Waals surface area contributed by atoms with Crippen LogP contribution in [0.3, 0.4) is 0 Å². The van der Waals surface area contributed by atoms with Crippen molar-refractivity contribution in [2.24, 2.45) is 0 Å². The summed E-state index contributed by atoms with van der Waals surface area (Å²) in [6, 6.07) is 1.78. The Bertz CT molecular complexity index is 384. The highest BCUT2D eigenvalue weighted by Crippen LogP contribution is 2.14. The fourth-order valence-electron chi connectivity index (χ4n) is 1.06. The Morgan fingerprint density at radius 2 is 2.36 bits per heavy atom. The van der Waals surface area contributed by atoms with Crippen LogP contribution in [0.25, 0.3) is 11.6 Å². The molecule has 6 heteroatoms. The van der Waals surface area contributed by atoms with E-state index in [0.29, 0.717) is 24.1 Å². The Hall–Kier alpha value is -1.36. The van der Waals surface area contributed by atoms with Crippen LogP contribution in [-0.2, 0) is 6.42 Å². The van der Waals surface area contributed by atoms with Crippen LogP contribution in [-0.4, -0.2) is 26.3 Å². The van der Waals surface area contributed by atoms with E-state index in [1.807, 2.05) is 0 Å². The number of nitrogens with zero attached hydrogens (tertiary/aromatic N) is 3. The highest BCUT2D eigenvalue weighted by atomic mass is 35.5. The lowest BCUT2D eigenvalue weighted by atomic mass is 10.3. The quantitative estimate of drug-likeness (QED) is 0.783. The smallest absolute Gasteiger partial charge is 0.265 e. The van der Waals surface area contributed by atoms with Gasteiger partial charge in [0.25, 0.3) is 5.89 Å². The van der Waals surface area contributed by atoms with Gasteiger partial charge in [-0.3, -0.25) is 5.10 Å². The van der Waals surface area contributed by atoms with Gasteiger partial charge in [0, 0.05) is 18.5 Å². The summed E-state index contributed by atoms with van der Waals surface area (Å²) in [4.78, 5) is 0. The zero-order valence-electron chi connectivity index (χ0n) is 7.40. The molecule has 74 valence electrons. The fourth-order valence-corrected chi connectivity index (χ4v) is 1.19. The number of aromatic nitrogens is 4. The van der Waals surface area contributed by atoms with Gasteiger partial charge in [0.05, 0.1) is 0 Å². The molecule has 0 saturated carbocycles. The Balaban J connectivity index is 2.10. The summed E-state index contributed by atoms with van der Waals surface area (Å²) in [5.74, 6) is 1.67. The molecule has 0 radical (unpaired) electrons. The molecule has 2 rings (SSSR count). The molecule has 0 spiro atoms. The summed E-state index contributed by atoms with van der Waals surface area (Å²) in [6.45, 7) is 0. The first kappa shape index (κ1) is 9.21. The van der Waals surface area contributed by atoms with Crippen LogP contribution in [0, 0.1) is 0 Å². The molecule has 5 nitrogen and oxygen atoms in total. The van der Waals surface area contributed by atoms with Gasteiger partial charge in [-0.05, 0) is 12.5 Å². The zero-order chi connectivity index (χ0) is 9.80. The van der Waals surface area contributed by atoms with E-state index in [2.05, 4.69) is 20.4 Å². The first-order valence-corrected chi connectivity index (χ1v) is 4.81. The third kappa shape index (κ3) is 1.93. The van der Waals surface area contributed by atoms with Crippen molar-refractivity contribution in [2.45, 2.75) is 12.8 Å². The van der Waals surface area contributed by atoms with Gasteiger partial charge in [0.1, 0.15) is 5.69 Å². The topological polar surface area (TPSA) is 67.6 Å². The van der Waals surface area contributed by atoms with E-state index in [9.17, 15) is 0 Å². The van der Waals surface area contributed by atoms with Crippen LogP contribution in [0.4, 0.5) is 0 Å².